The number of benzene rings is 1. The second-order valence-corrected chi connectivity index (χ2v) is 5.88. The van der Waals surface area contributed by atoms with Gasteiger partial charge in [-0.05, 0) is 18.2 Å². The maximum Gasteiger partial charge on any atom is 0.254 e. The second-order valence-electron chi connectivity index (χ2n) is 5.88. The molecule has 0 unspecified atom stereocenters. The predicted octanol–water partition coefficient (Wildman–Crippen LogP) is 1.93. The Labute approximate surface area is 148 Å². The molecule has 1 aromatic carbocycles. The van der Waals surface area contributed by atoms with E-state index in [0.29, 0.717) is 18.1 Å². The van der Waals surface area contributed by atoms with Gasteiger partial charge in [0.15, 0.2) is 0 Å². The van der Waals surface area contributed by atoms with E-state index >= 15 is 0 Å². The summed E-state index contributed by atoms with van der Waals surface area (Å²) in [4.78, 5) is 20.8. The number of rotatable bonds is 6. The van der Waals surface area contributed by atoms with Crippen molar-refractivity contribution in [3.05, 3.63) is 54.2 Å². The van der Waals surface area contributed by atoms with Crippen molar-refractivity contribution in [2.75, 3.05) is 46.4 Å². The number of piperazine rings is 1. The van der Waals surface area contributed by atoms with Gasteiger partial charge in [0, 0.05) is 50.6 Å². The number of aromatic nitrogens is 1. The van der Waals surface area contributed by atoms with Gasteiger partial charge in [-0.25, -0.2) is 4.98 Å². The van der Waals surface area contributed by atoms with Crippen LogP contribution in [0.4, 0.5) is 0 Å². The van der Waals surface area contributed by atoms with Crippen molar-refractivity contribution >= 4 is 5.91 Å². The third kappa shape index (κ3) is 4.70. The summed E-state index contributed by atoms with van der Waals surface area (Å²) in [5, 5.41) is 0. The van der Waals surface area contributed by atoms with Crippen LogP contribution in [0.3, 0.4) is 0 Å². The van der Waals surface area contributed by atoms with Crippen molar-refractivity contribution in [1.29, 1.82) is 0 Å². The lowest BCUT2D eigenvalue weighted by Gasteiger charge is -2.34. The summed E-state index contributed by atoms with van der Waals surface area (Å²) in [6.07, 6.45) is 1.60. The molecule has 1 aromatic heterocycles. The largest absolute Gasteiger partial charge is 0.492 e. The third-order valence-electron chi connectivity index (χ3n) is 4.27. The van der Waals surface area contributed by atoms with Crippen LogP contribution in [-0.4, -0.2) is 67.1 Å². The zero-order valence-corrected chi connectivity index (χ0v) is 14.4. The van der Waals surface area contributed by atoms with Crippen LogP contribution in [0, 0.1) is 0 Å². The predicted molar refractivity (Wildman–Crippen MR) is 95.1 cm³/mol. The summed E-state index contributed by atoms with van der Waals surface area (Å²) in [7, 11) is 1.55. The minimum Gasteiger partial charge on any atom is -0.492 e. The molecule has 0 radical (unpaired) electrons. The molecular weight excluding hydrogens is 318 g/mol. The quantitative estimate of drug-likeness (QED) is 0.804. The first-order chi connectivity index (χ1) is 12.3. The summed E-state index contributed by atoms with van der Waals surface area (Å²) in [5.74, 6) is 1.38. The van der Waals surface area contributed by atoms with Gasteiger partial charge in [-0.15, -0.1) is 0 Å². The van der Waals surface area contributed by atoms with Crippen molar-refractivity contribution < 1.29 is 14.3 Å². The van der Waals surface area contributed by atoms with Crippen LogP contribution in [0.15, 0.2) is 48.7 Å². The molecule has 1 saturated heterocycles. The maximum atomic E-state index is 12.6. The number of para-hydroxylation sites is 1. The highest BCUT2D eigenvalue weighted by Crippen LogP contribution is 2.13. The molecule has 0 atom stereocenters. The first-order valence-corrected chi connectivity index (χ1v) is 8.46. The van der Waals surface area contributed by atoms with E-state index in [1.54, 1.807) is 25.4 Å². The van der Waals surface area contributed by atoms with Gasteiger partial charge in [0.05, 0.1) is 7.11 Å². The van der Waals surface area contributed by atoms with Crippen LogP contribution in [0.5, 0.6) is 11.6 Å². The van der Waals surface area contributed by atoms with Crippen molar-refractivity contribution in [3.63, 3.8) is 0 Å². The fourth-order valence-electron chi connectivity index (χ4n) is 2.82. The van der Waals surface area contributed by atoms with Crippen molar-refractivity contribution in [3.8, 4) is 11.6 Å². The molecule has 6 heteroatoms. The van der Waals surface area contributed by atoms with E-state index in [1.807, 2.05) is 35.2 Å². The van der Waals surface area contributed by atoms with Gasteiger partial charge in [-0.2, -0.15) is 0 Å². The molecule has 0 bridgehead atoms. The molecule has 0 N–H and O–H groups in total. The number of nitrogens with zero attached hydrogens (tertiary/aromatic N) is 3. The number of amides is 1. The van der Waals surface area contributed by atoms with Gasteiger partial charge in [0.25, 0.3) is 5.91 Å². The Morgan fingerprint density at radius 2 is 1.88 bits per heavy atom. The topological polar surface area (TPSA) is 54.9 Å². The Morgan fingerprint density at radius 1 is 1.12 bits per heavy atom. The Hall–Kier alpha value is -2.60. The van der Waals surface area contributed by atoms with E-state index in [9.17, 15) is 4.79 Å². The number of carbonyl (C=O) groups excluding carboxylic acids is 1. The number of hydrogen-bond donors (Lipinski definition) is 0. The lowest BCUT2D eigenvalue weighted by atomic mass is 10.2. The molecule has 3 rings (SSSR count). The summed E-state index contributed by atoms with van der Waals surface area (Å²) in [6.45, 7) is 4.65. The van der Waals surface area contributed by atoms with E-state index in [-0.39, 0.29) is 5.91 Å². The molecule has 1 aliphatic heterocycles. The maximum absolute atomic E-state index is 12.6. The Kier molecular flexibility index (Phi) is 5.85. The van der Waals surface area contributed by atoms with Crippen molar-refractivity contribution in [2.24, 2.45) is 0 Å². The molecule has 0 saturated carbocycles. The summed E-state index contributed by atoms with van der Waals surface area (Å²) in [6, 6.07) is 13.2. The molecule has 132 valence electrons. The molecule has 1 aliphatic rings. The van der Waals surface area contributed by atoms with Gasteiger partial charge in [0.1, 0.15) is 12.4 Å². The minimum absolute atomic E-state index is 0.0286. The summed E-state index contributed by atoms with van der Waals surface area (Å²) >= 11 is 0. The van der Waals surface area contributed by atoms with Gasteiger partial charge in [-0.3, -0.25) is 9.69 Å². The average molecular weight is 341 g/mol. The average Bonchev–Trinajstić information content (AvgIpc) is 2.69. The smallest absolute Gasteiger partial charge is 0.254 e. The molecule has 0 spiro atoms. The summed E-state index contributed by atoms with van der Waals surface area (Å²) < 4.78 is 10.8. The molecule has 2 heterocycles. The van der Waals surface area contributed by atoms with E-state index in [2.05, 4.69) is 9.88 Å². The lowest BCUT2D eigenvalue weighted by molar-refractivity contribution is 0.0620. The second kappa shape index (κ2) is 8.48. The third-order valence-corrected chi connectivity index (χ3v) is 4.27. The van der Waals surface area contributed by atoms with Gasteiger partial charge >= 0.3 is 0 Å². The molecular formula is C19H23N3O3. The zero-order valence-electron chi connectivity index (χ0n) is 14.4. The standard InChI is InChI=1S/C19H23N3O3/c1-24-18-15-16(7-8-20-18)19(23)22-11-9-21(10-12-22)13-14-25-17-5-3-2-4-6-17/h2-8,15H,9-14H2,1H3. The van der Waals surface area contributed by atoms with Gasteiger partial charge in [-0.1, -0.05) is 18.2 Å². The Balaban J connectivity index is 1.44. The first-order valence-electron chi connectivity index (χ1n) is 8.46. The number of hydrogen-bond acceptors (Lipinski definition) is 5. The number of carbonyl (C=O) groups is 1. The highest BCUT2D eigenvalue weighted by Gasteiger charge is 2.22. The molecule has 25 heavy (non-hydrogen) atoms. The van der Waals surface area contributed by atoms with Gasteiger partial charge in [0.2, 0.25) is 5.88 Å². The SMILES string of the molecule is COc1cc(C(=O)N2CCN(CCOc3ccccc3)CC2)ccn1. The highest BCUT2D eigenvalue weighted by atomic mass is 16.5. The van der Waals surface area contributed by atoms with E-state index < -0.39 is 0 Å². The normalized spacial score (nSPS) is 15.0. The molecule has 0 aliphatic carbocycles. The van der Waals surface area contributed by atoms with Crippen LogP contribution >= 0.6 is 0 Å². The Bertz CT molecular complexity index is 685. The number of ether oxygens (including phenoxy) is 2. The fraction of sp³-hybridized carbons (Fsp3) is 0.368. The number of methoxy groups -OCH3 is 1. The first kappa shape index (κ1) is 17.2. The lowest BCUT2D eigenvalue weighted by Crippen LogP contribution is -2.49. The highest BCUT2D eigenvalue weighted by molar-refractivity contribution is 5.94. The van der Waals surface area contributed by atoms with Crippen LogP contribution in [0.2, 0.25) is 0 Å². The van der Waals surface area contributed by atoms with Crippen molar-refractivity contribution in [1.82, 2.24) is 14.8 Å². The van der Waals surface area contributed by atoms with Crippen LogP contribution < -0.4 is 9.47 Å². The zero-order chi connectivity index (χ0) is 17.5. The van der Waals surface area contributed by atoms with Gasteiger partial charge < -0.3 is 14.4 Å². The minimum atomic E-state index is 0.0286. The van der Waals surface area contributed by atoms with E-state index in [1.165, 1.54) is 0 Å². The van der Waals surface area contributed by atoms with Crippen LogP contribution in [0.1, 0.15) is 10.4 Å². The van der Waals surface area contributed by atoms with Crippen LogP contribution in [-0.2, 0) is 0 Å². The number of pyridine rings is 1. The van der Waals surface area contributed by atoms with E-state index in [0.717, 1.165) is 38.5 Å². The van der Waals surface area contributed by atoms with E-state index in [4.69, 9.17) is 9.47 Å². The fourth-order valence-corrected chi connectivity index (χ4v) is 2.82. The Morgan fingerprint density at radius 3 is 2.60 bits per heavy atom. The molecule has 2 aromatic rings. The van der Waals surface area contributed by atoms with Crippen molar-refractivity contribution in [2.45, 2.75) is 0 Å². The molecule has 1 amide bonds. The van der Waals surface area contributed by atoms with Crippen LogP contribution in [0.25, 0.3) is 0 Å². The molecule has 6 nitrogen and oxygen atoms in total. The molecule has 1 fully saturated rings. The monoisotopic (exact) mass is 341 g/mol. The summed E-state index contributed by atoms with van der Waals surface area (Å²) in [5.41, 5.74) is 0.618.